The van der Waals surface area contributed by atoms with Crippen LogP contribution in [0.15, 0.2) is 59.5 Å². The lowest BCUT2D eigenvalue weighted by molar-refractivity contribution is -0.116. The number of methoxy groups -OCH3 is 1. The Morgan fingerprint density at radius 2 is 1.65 bits per heavy atom. The predicted molar refractivity (Wildman–Crippen MR) is 97.4 cm³/mol. The number of benzene rings is 2. The molecule has 0 saturated heterocycles. The van der Waals surface area contributed by atoms with Crippen molar-refractivity contribution in [2.45, 2.75) is 11.8 Å². The average Bonchev–Trinajstić information content (AvgIpc) is 2.65. The van der Waals surface area contributed by atoms with Crippen molar-refractivity contribution in [3.8, 4) is 0 Å². The summed E-state index contributed by atoms with van der Waals surface area (Å²) >= 11 is 0. The molecule has 0 radical (unpaired) electrons. The zero-order valence-electron chi connectivity index (χ0n) is 14.5. The summed E-state index contributed by atoms with van der Waals surface area (Å²) in [5.41, 5.74) is 0.599. The SMILES string of the molecule is COC(=O)c1ccccc1N(CCNS(=O)(=O)c1ccccc1)C(C)=O. The maximum absolute atomic E-state index is 12.3. The van der Waals surface area contributed by atoms with Crippen molar-refractivity contribution in [2.24, 2.45) is 0 Å². The van der Waals surface area contributed by atoms with E-state index in [9.17, 15) is 18.0 Å². The van der Waals surface area contributed by atoms with E-state index in [0.717, 1.165) is 0 Å². The third kappa shape index (κ3) is 4.68. The zero-order valence-corrected chi connectivity index (χ0v) is 15.3. The Labute approximate surface area is 152 Å². The van der Waals surface area contributed by atoms with E-state index >= 15 is 0 Å². The molecule has 0 atom stereocenters. The van der Waals surface area contributed by atoms with Gasteiger partial charge in [0, 0.05) is 20.0 Å². The number of hydrogen-bond donors (Lipinski definition) is 1. The molecule has 0 aliphatic carbocycles. The van der Waals surface area contributed by atoms with Crippen LogP contribution in [0.2, 0.25) is 0 Å². The number of sulfonamides is 1. The number of carbonyl (C=O) groups excluding carboxylic acids is 2. The van der Waals surface area contributed by atoms with E-state index in [0.29, 0.717) is 5.69 Å². The quantitative estimate of drug-likeness (QED) is 0.744. The summed E-state index contributed by atoms with van der Waals surface area (Å²) in [7, 11) is -2.42. The molecule has 2 rings (SSSR count). The van der Waals surface area contributed by atoms with Gasteiger partial charge in [-0.25, -0.2) is 17.9 Å². The van der Waals surface area contributed by atoms with E-state index < -0.39 is 16.0 Å². The van der Waals surface area contributed by atoms with Crippen molar-refractivity contribution < 1.29 is 22.7 Å². The van der Waals surface area contributed by atoms with Crippen LogP contribution < -0.4 is 9.62 Å². The van der Waals surface area contributed by atoms with Crippen molar-refractivity contribution in [2.75, 3.05) is 25.1 Å². The lowest BCUT2D eigenvalue weighted by Crippen LogP contribution is -2.38. The van der Waals surface area contributed by atoms with Crippen LogP contribution in [0.1, 0.15) is 17.3 Å². The van der Waals surface area contributed by atoms with Gasteiger partial charge in [0.2, 0.25) is 15.9 Å². The Kier molecular flexibility index (Phi) is 6.48. The summed E-state index contributed by atoms with van der Waals surface area (Å²) in [6.07, 6.45) is 0. The Morgan fingerprint density at radius 1 is 1.04 bits per heavy atom. The van der Waals surface area contributed by atoms with Crippen LogP contribution in [-0.2, 0) is 19.6 Å². The highest BCUT2D eigenvalue weighted by Gasteiger charge is 2.20. The summed E-state index contributed by atoms with van der Waals surface area (Å²) in [5.74, 6) is -0.892. The van der Waals surface area contributed by atoms with Crippen LogP contribution in [0.3, 0.4) is 0 Å². The lowest BCUT2D eigenvalue weighted by Gasteiger charge is -2.23. The summed E-state index contributed by atoms with van der Waals surface area (Å²) in [5, 5.41) is 0. The first kappa shape index (κ1) is 19.6. The smallest absolute Gasteiger partial charge is 0.339 e. The summed E-state index contributed by atoms with van der Waals surface area (Å²) in [4.78, 5) is 25.4. The number of para-hydroxylation sites is 1. The molecule has 0 unspecified atom stereocenters. The standard InChI is InChI=1S/C18H20N2O5S/c1-14(21)20(17-11-7-6-10-16(17)18(22)25-2)13-12-19-26(23,24)15-8-4-3-5-9-15/h3-11,19H,12-13H2,1-2H3. The second-order valence-corrected chi connectivity index (χ2v) is 7.16. The van der Waals surface area contributed by atoms with Gasteiger partial charge in [0.15, 0.2) is 0 Å². The van der Waals surface area contributed by atoms with Crippen LogP contribution in [0, 0.1) is 0 Å². The minimum Gasteiger partial charge on any atom is -0.465 e. The number of esters is 1. The molecule has 0 aliphatic rings. The second kappa shape index (κ2) is 8.59. The highest BCUT2D eigenvalue weighted by Crippen LogP contribution is 2.21. The van der Waals surface area contributed by atoms with Gasteiger partial charge in [0.05, 0.1) is 23.3 Å². The minimum absolute atomic E-state index is 0.00762. The number of anilines is 1. The minimum atomic E-state index is -3.67. The number of nitrogens with one attached hydrogen (secondary N) is 1. The first-order valence-corrected chi connectivity index (χ1v) is 9.35. The first-order valence-electron chi connectivity index (χ1n) is 7.87. The molecule has 1 amide bonds. The number of ether oxygens (including phenoxy) is 1. The molecule has 26 heavy (non-hydrogen) atoms. The first-order chi connectivity index (χ1) is 12.4. The van der Waals surface area contributed by atoms with Crippen molar-refractivity contribution >= 4 is 27.6 Å². The largest absolute Gasteiger partial charge is 0.465 e. The van der Waals surface area contributed by atoms with Crippen LogP contribution in [0.4, 0.5) is 5.69 Å². The van der Waals surface area contributed by atoms with E-state index in [4.69, 9.17) is 4.74 Å². The van der Waals surface area contributed by atoms with Gasteiger partial charge in [-0.15, -0.1) is 0 Å². The Morgan fingerprint density at radius 3 is 2.27 bits per heavy atom. The normalized spacial score (nSPS) is 11.0. The van der Waals surface area contributed by atoms with E-state index in [1.54, 1.807) is 42.5 Å². The monoisotopic (exact) mass is 376 g/mol. The van der Waals surface area contributed by atoms with E-state index in [-0.39, 0.29) is 29.5 Å². The summed E-state index contributed by atoms with van der Waals surface area (Å²) < 4.78 is 31.7. The molecule has 0 heterocycles. The zero-order chi connectivity index (χ0) is 19.2. The fourth-order valence-corrected chi connectivity index (χ4v) is 3.46. The third-order valence-corrected chi connectivity index (χ3v) is 5.14. The van der Waals surface area contributed by atoms with Crippen molar-refractivity contribution in [3.05, 3.63) is 60.2 Å². The molecule has 1 N–H and O–H groups in total. The fourth-order valence-electron chi connectivity index (χ4n) is 2.41. The maximum atomic E-state index is 12.3. The van der Waals surface area contributed by atoms with Gasteiger partial charge >= 0.3 is 5.97 Å². The molecule has 0 bridgehead atoms. The lowest BCUT2D eigenvalue weighted by atomic mass is 10.1. The van der Waals surface area contributed by atoms with Gasteiger partial charge in [0.1, 0.15) is 0 Å². The van der Waals surface area contributed by atoms with Crippen LogP contribution in [-0.4, -0.2) is 40.5 Å². The van der Waals surface area contributed by atoms with Crippen LogP contribution >= 0.6 is 0 Å². The number of hydrogen-bond acceptors (Lipinski definition) is 5. The Balaban J connectivity index is 2.16. The van der Waals surface area contributed by atoms with E-state index in [2.05, 4.69) is 4.72 Å². The summed E-state index contributed by atoms with van der Waals surface area (Å²) in [6, 6.07) is 14.4. The number of carbonyl (C=O) groups is 2. The van der Waals surface area contributed by atoms with Crippen molar-refractivity contribution in [1.29, 1.82) is 0 Å². The predicted octanol–water partition coefficient (Wildman–Crippen LogP) is 1.80. The molecule has 138 valence electrons. The topological polar surface area (TPSA) is 92.8 Å². The molecule has 0 saturated carbocycles. The van der Waals surface area contributed by atoms with Gasteiger partial charge in [-0.2, -0.15) is 0 Å². The molecule has 0 spiro atoms. The number of amides is 1. The number of nitrogens with zero attached hydrogens (tertiary/aromatic N) is 1. The molecule has 8 heteroatoms. The number of rotatable bonds is 7. The average molecular weight is 376 g/mol. The van der Waals surface area contributed by atoms with Gasteiger partial charge in [-0.3, -0.25) is 4.79 Å². The highest BCUT2D eigenvalue weighted by molar-refractivity contribution is 7.89. The second-order valence-electron chi connectivity index (χ2n) is 5.39. The molecule has 2 aromatic carbocycles. The van der Waals surface area contributed by atoms with Crippen molar-refractivity contribution in [3.63, 3.8) is 0 Å². The van der Waals surface area contributed by atoms with Crippen LogP contribution in [0.25, 0.3) is 0 Å². The Bertz CT molecular complexity index is 881. The maximum Gasteiger partial charge on any atom is 0.339 e. The van der Waals surface area contributed by atoms with Gasteiger partial charge in [0.25, 0.3) is 0 Å². The Hall–Kier alpha value is -2.71. The molecule has 0 fully saturated rings. The molecule has 2 aromatic rings. The van der Waals surface area contributed by atoms with Gasteiger partial charge < -0.3 is 9.64 Å². The van der Waals surface area contributed by atoms with Gasteiger partial charge in [-0.1, -0.05) is 30.3 Å². The highest BCUT2D eigenvalue weighted by atomic mass is 32.2. The van der Waals surface area contributed by atoms with E-state index in [1.165, 1.54) is 31.1 Å². The van der Waals surface area contributed by atoms with Crippen molar-refractivity contribution in [1.82, 2.24) is 4.72 Å². The molecule has 0 aliphatic heterocycles. The molecular formula is C18H20N2O5S. The van der Waals surface area contributed by atoms with Gasteiger partial charge in [-0.05, 0) is 24.3 Å². The third-order valence-electron chi connectivity index (χ3n) is 3.66. The summed E-state index contributed by atoms with van der Waals surface area (Å²) in [6.45, 7) is 1.40. The molecule has 0 aromatic heterocycles. The molecule has 7 nitrogen and oxygen atoms in total. The molecular weight excluding hydrogens is 356 g/mol. The fraction of sp³-hybridized carbons (Fsp3) is 0.222. The van der Waals surface area contributed by atoms with E-state index in [1.807, 2.05) is 0 Å². The van der Waals surface area contributed by atoms with Crippen LogP contribution in [0.5, 0.6) is 0 Å².